The van der Waals surface area contributed by atoms with Gasteiger partial charge in [0.2, 0.25) is 5.91 Å². The zero-order valence-electron chi connectivity index (χ0n) is 19.2. The zero-order chi connectivity index (χ0) is 20.5. The Morgan fingerprint density at radius 1 is 1.00 bits per heavy atom. The number of guanidine groups is 1. The summed E-state index contributed by atoms with van der Waals surface area (Å²) in [5.41, 5.74) is 0. The molecule has 0 spiro atoms. The third-order valence-electron chi connectivity index (χ3n) is 7.12. The molecule has 30 heavy (non-hydrogen) atoms. The SMILES string of the molecule is CN=C(NCCCCN1CCCCC1C)NC1CCN(C(=O)C2CCCCC2)C1.I. The number of carbonyl (C=O) groups excluding carboxylic acids is 1. The van der Waals surface area contributed by atoms with Crippen LogP contribution in [0.4, 0.5) is 0 Å². The summed E-state index contributed by atoms with van der Waals surface area (Å²) < 4.78 is 0. The molecule has 0 radical (unpaired) electrons. The van der Waals surface area contributed by atoms with E-state index in [-0.39, 0.29) is 29.9 Å². The molecule has 7 heteroatoms. The molecule has 2 saturated heterocycles. The number of amides is 1. The van der Waals surface area contributed by atoms with Crippen molar-refractivity contribution in [3.05, 3.63) is 0 Å². The molecule has 0 aromatic rings. The van der Waals surface area contributed by atoms with Crippen LogP contribution in [0.1, 0.15) is 77.6 Å². The van der Waals surface area contributed by atoms with Gasteiger partial charge in [0.1, 0.15) is 0 Å². The normalized spacial score (nSPS) is 26.3. The van der Waals surface area contributed by atoms with Gasteiger partial charge in [-0.3, -0.25) is 9.79 Å². The molecule has 174 valence electrons. The Labute approximate surface area is 201 Å². The number of likely N-dealkylation sites (tertiary alicyclic amines) is 2. The molecule has 1 saturated carbocycles. The lowest BCUT2D eigenvalue weighted by Crippen LogP contribution is -2.46. The van der Waals surface area contributed by atoms with Crippen LogP contribution in [0, 0.1) is 5.92 Å². The fourth-order valence-corrected chi connectivity index (χ4v) is 5.21. The maximum Gasteiger partial charge on any atom is 0.225 e. The fraction of sp³-hybridized carbons (Fsp3) is 0.913. The van der Waals surface area contributed by atoms with Crippen LogP contribution >= 0.6 is 24.0 Å². The first kappa shape index (κ1) is 25.7. The van der Waals surface area contributed by atoms with Crippen LogP contribution in [0.2, 0.25) is 0 Å². The predicted molar refractivity (Wildman–Crippen MR) is 136 cm³/mol. The van der Waals surface area contributed by atoms with Crippen LogP contribution in [-0.2, 0) is 4.79 Å². The molecule has 2 heterocycles. The lowest BCUT2D eigenvalue weighted by Gasteiger charge is -2.33. The molecule has 2 atom stereocenters. The van der Waals surface area contributed by atoms with E-state index in [1.165, 1.54) is 64.5 Å². The number of piperidine rings is 1. The summed E-state index contributed by atoms with van der Waals surface area (Å²) in [6.07, 6.45) is 13.5. The van der Waals surface area contributed by atoms with Gasteiger partial charge in [0, 0.05) is 44.7 Å². The van der Waals surface area contributed by atoms with Crippen molar-refractivity contribution in [3.63, 3.8) is 0 Å². The van der Waals surface area contributed by atoms with Crippen molar-refractivity contribution in [1.82, 2.24) is 20.4 Å². The molecule has 2 aliphatic heterocycles. The van der Waals surface area contributed by atoms with Gasteiger partial charge in [0.05, 0.1) is 0 Å². The number of hydrogen-bond donors (Lipinski definition) is 2. The fourth-order valence-electron chi connectivity index (χ4n) is 5.21. The quantitative estimate of drug-likeness (QED) is 0.227. The summed E-state index contributed by atoms with van der Waals surface area (Å²) in [5, 5.41) is 7.00. The van der Waals surface area contributed by atoms with Gasteiger partial charge in [-0.25, -0.2) is 0 Å². The first-order chi connectivity index (χ1) is 14.2. The number of nitrogens with one attached hydrogen (secondary N) is 2. The molecule has 2 N–H and O–H groups in total. The second-order valence-corrected chi connectivity index (χ2v) is 9.34. The van der Waals surface area contributed by atoms with Crippen molar-refractivity contribution in [3.8, 4) is 0 Å². The third-order valence-corrected chi connectivity index (χ3v) is 7.12. The third kappa shape index (κ3) is 7.84. The molecular weight excluding hydrogens is 489 g/mol. The van der Waals surface area contributed by atoms with Gasteiger partial charge in [-0.1, -0.05) is 25.7 Å². The van der Waals surface area contributed by atoms with Crippen LogP contribution in [0.5, 0.6) is 0 Å². The van der Waals surface area contributed by atoms with Crippen molar-refractivity contribution < 1.29 is 4.79 Å². The molecule has 1 aliphatic carbocycles. The van der Waals surface area contributed by atoms with Crippen LogP contribution < -0.4 is 10.6 Å². The molecule has 1 amide bonds. The number of hydrogen-bond acceptors (Lipinski definition) is 3. The monoisotopic (exact) mass is 533 g/mol. The molecule has 0 aromatic heterocycles. The number of unbranched alkanes of at least 4 members (excludes halogenated alkanes) is 1. The average molecular weight is 534 g/mol. The number of aliphatic imine (C=N–C) groups is 1. The summed E-state index contributed by atoms with van der Waals surface area (Å²) in [6, 6.07) is 1.08. The molecule has 6 nitrogen and oxygen atoms in total. The predicted octanol–water partition coefficient (Wildman–Crippen LogP) is 3.61. The van der Waals surface area contributed by atoms with E-state index in [1.807, 2.05) is 7.05 Å². The topological polar surface area (TPSA) is 60.0 Å². The van der Waals surface area contributed by atoms with Crippen LogP contribution in [0.3, 0.4) is 0 Å². The highest BCUT2D eigenvalue weighted by Gasteiger charge is 2.31. The molecule has 3 rings (SSSR count). The van der Waals surface area contributed by atoms with E-state index < -0.39 is 0 Å². The molecule has 0 aromatic carbocycles. The van der Waals surface area contributed by atoms with Gasteiger partial charge in [-0.15, -0.1) is 24.0 Å². The second-order valence-electron chi connectivity index (χ2n) is 9.34. The number of rotatable bonds is 7. The van der Waals surface area contributed by atoms with E-state index in [0.717, 1.165) is 50.9 Å². The highest BCUT2D eigenvalue weighted by Crippen LogP contribution is 2.26. The Morgan fingerprint density at radius 2 is 1.77 bits per heavy atom. The molecule has 0 bridgehead atoms. The van der Waals surface area contributed by atoms with E-state index >= 15 is 0 Å². The van der Waals surface area contributed by atoms with E-state index in [1.54, 1.807) is 0 Å². The molecular formula is C23H44IN5O. The van der Waals surface area contributed by atoms with E-state index in [4.69, 9.17) is 0 Å². The maximum absolute atomic E-state index is 12.7. The van der Waals surface area contributed by atoms with Gasteiger partial charge < -0.3 is 20.4 Å². The van der Waals surface area contributed by atoms with Gasteiger partial charge in [-0.05, 0) is 65.0 Å². The first-order valence-corrected chi connectivity index (χ1v) is 12.2. The zero-order valence-corrected chi connectivity index (χ0v) is 21.5. The minimum absolute atomic E-state index is 0. The van der Waals surface area contributed by atoms with Gasteiger partial charge in [0.15, 0.2) is 5.96 Å². The van der Waals surface area contributed by atoms with E-state index in [2.05, 4.69) is 32.3 Å². The standard InChI is InChI=1S/C23H43N5O.HI/c1-19-10-6-8-15-27(19)16-9-7-14-25-23(24-2)26-21-13-17-28(18-21)22(29)20-11-4-3-5-12-20;/h19-21H,3-18H2,1-2H3,(H2,24,25,26);1H. The Morgan fingerprint density at radius 3 is 2.50 bits per heavy atom. The summed E-state index contributed by atoms with van der Waals surface area (Å²) in [5.74, 6) is 1.56. The van der Waals surface area contributed by atoms with Crippen molar-refractivity contribution in [2.75, 3.05) is 39.8 Å². The van der Waals surface area contributed by atoms with Gasteiger partial charge in [-0.2, -0.15) is 0 Å². The largest absolute Gasteiger partial charge is 0.356 e. The minimum Gasteiger partial charge on any atom is -0.356 e. The van der Waals surface area contributed by atoms with Crippen LogP contribution in [0.25, 0.3) is 0 Å². The molecule has 3 fully saturated rings. The Bertz CT molecular complexity index is 538. The van der Waals surface area contributed by atoms with Crippen molar-refractivity contribution in [2.24, 2.45) is 10.9 Å². The van der Waals surface area contributed by atoms with E-state index in [0.29, 0.717) is 11.9 Å². The Hall–Kier alpha value is -0.570. The summed E-state index contributed by atoms with van der Waals surface area (Å²) in [6.45, 7) is 7.53. The molecule has 2 unspecified atom stereocenters. The van der Waals surface area contributed by atoms with Crippen molar-refractivity contribution in [1.29, 1.82) is 0 Å². The van der Waals surface area contributed by atoms with Crippen LogP contribution in [-0.4, -0.2) is 73.5 Å². The van der Waals surface area contributed by atoms with E-state index in [9.17, 15) is 4.79 Å². The maximum atomic E-state index is 12.7. The van der Waals surface area contributed by atoms with Crippen molar-refractivity contribution >= 4 is 35.8 Å². The second kappa shape index (κ2) is 13.8. The molecule has 3 aliphatic rings. The van der Waals surface area contributed by atoms with Gasteiger partial charge in [0.25, 0.3) is 0 Å². The smallest absolute Gasteiger partial charge is 0.225 e. The number of carbonyl (C=O) groups is 1. The Balaban J connectivity index is 0.00000320. The minimum atomic E-state index is 0. The first-order valence-electron chi connectivity index (χ1n) is 12.2. The summed E-state index contributed by atoms with van der Waals surface area (Å²) in [7, 11) is 1.84. The summed E-state index contributed by atoms with van der Waals surface area (Å²) in [4.78, 5) is 21.9. The van der Waals surface area contributed by atoms with Gasteiger partial charge >= 0.3 is 0 Å². The van der Waals surface area contributed by atoms with Crippen molar-refractivity contribution in [2.45, 2.75) is 89.6 Å². The summed E-state index contributed by atoms with van der Waals surface area (Å²) >= 11 is 0. The number of halogens is 1. The lowest BCUT2D eigenvalue weighted by molar-refractivity contribution is -0.135. The highest BCUT2D eigenvalue weighted by molar-refractivity contribution is 14.0. The highest BCUT2D eigenvalue weighted by atomic mass is 127. The lowest BCUT2D eigenvalue weighted by atomic mass is 9.88. The average Bonchev–Trinajstić information content (AvgIpc) is 3.22. The Kier molecular flexibility index (Phi) is 11.8. The van der Waals surface area contributed by atoms with Crippen LogP contribution in [0.15, 0.2) is 4.99 Å². The number of nitrogens with zero attached hydrogens (tertiary/aromatic N) is 3.